The summed E-state index contributed by atoms with van der Waals surface area (Å²) in [5, 5.41) is 2.17. The van der Waals surface area contributed by atoms with Gasteiger partial charge in [0.1, 0.15) is 0 Å². The molecule has 2 aromatic heterocycles. The van der Waals surface area contributed by atoms with Gasteiger partial charge >= 0.3 is 0 Å². The summed E-state index contributed by atoms with van der Waals surface area (Å²) in [5.41, 5.74) is 8.33. The van der Waals surface area contributed by atoms with Crippen LogP contribution in [0.1, 0.15) is 17.2 Å². The Labute approximate surface area is 117 Å². The van der Waals surface area contributed by atoms with Crippen molar-refractivity contribution in [1.82, 2.24) is 9.97 Å². The molecule has 0 fully saturated rings. The fraction of sp³-hybridized carbons (Fsp3) is 0.125. The third kappa shape index (κ3) is 2.10. The number of fused-ring (bicyclic) bond motifs is 1. The lowest BCUT2D eigenvalue weighted by Crippen LogP contribution is -2.14. The SMILES string of the molecule is COc1ncccc1C(N)c1cccc2cnccc12. The summed E-state index contributed by atoms with van der Waals surface area (Å²) < 4.78 is 5.30. The highest BCUT2D eigenvalue weighted by Crippen LogP contribution is 2.30. The van der Waals surface area contributed by atoms with E-state index in [1.807, 2.05) is 42.6 Å². The van der Waals surface area contributed by atoms with E-state index in [0.29, 0.717) is 5.88 Å². The van der Waals surface area contributed by atoms with Gasteiger partial charge < -0.3 is 10.5 Å². The molecule has 20 heavy (non-hydrogen) atoms. The van der Waals surface area contributed by atoms with Gasteiger partial charge in [0.15, 0.2) is 0 Å². The molecule has 0 radical (unpaired) electrons. The molecule has 0 spiro atoms. The number of ether oxygens (including phenoxy) is 1. The lowest BCUT2D eigenvalue weighted by molar-refractivity contribution is 0.390. The summed E-state index contributed by atoms with van der Waals surface area (Å²) in [6.45, 7) is 0. The lowest BCUT2D eigenvalue weighted by Gasteiger charge is -2.16. The predicted octanol–water partition coefficient (Wildman–Crippen LogP) is 2.69. The zero-order valence-electron chi connectivity index (χ0n) is 11.2. The van der Waals surface area contributed by atoms with Gasteiger partial charge in [-0.15, -0.1) is 0 Å². The first kappa shape index (κ1) is 12.6. The number of benzene rings is 1. The first-order valence-corrected chi connectivity index (χ1v) is 6.38. The first-order chi connectivity index (χ1) is 9.81. The number of methoxy groups -OCH3 is 1. The second-order valence-electron chi connectivity index (χ2n) is 4.52. The lowest BCUT2D eigenvalue weighted by atomic mass is 9.96. The summed E-state index contributed by atoms with van der Waals surface area (Å²) in [5.74, 6) is 0.561. The van der Waals surface area contributed by atoms with Crippen molar-refractivity contribution < 1.29 is 4.74 Å². The summed E-state index contributed by atoms with van der Waals surface area (Å²) in [6.07, 6.45) is 5.31. The van der Waals surface area contributed by atoms with Crippen LogP contribution in [0.25, 0.3) is 10.8 Å². The Balaban J connectivity index is 2.15. The summed E-state index contributed by atoms with van der Waals surface area (Å²) in [6, 6.07) is 11.5. The summed E-state index contributed by atoms with van der Waals surface area (Å²) >= 11 is 0. The molecule has 0 saturated carbocycles. The number of hydrogen-bond donors (Lipinski definition) is 1. The molecule has 4 heteroatoms. The molecule has 1 unspecified atom stereocenters. The van der Waals surface area contributed by atoms with E-state index >= 15 is 0 Å². The Kier molecular flexibility index (Phi) is 3.31. The van der Waals surface area contributed by atoms with Crippen LogP contribution in [0.5, 0.6) is 5.88 Å². The monoisotopic (exact) mass is 265 g/mol. The third-order valence-corrected chi connectivity index (χ3v) is 3.38. The average molecular weight is 265 g/mol. The van der Waals surface area contributed by atoms with E-state index in [4.69, 9.17) is 10.5 Å². The van der Waals surface area contributed by atoms with Gasteiger partial charge in [0.05, 0.1) is 13.2 Å². The van der Waals surface area contributed by atoms with Crippen molar-refractivity contribution in [3.63, 3.8) is 0 Å². The molecule has 0 amide bonds. The molecule has 0 bridgehead atoms. The van der Waals surface area contributed by atoms with Crippen LogP contribution in [0.3, 0.4) is 0 Å². The van der Waals surface area contributed by atoms with E-state index in [0.717, 1.165) is 21.9 Å². The Bertz CT molecular complexity index is 737. The minimum Gasteiger partial charge on any atom is -0.481 e. The van der Waals surface area contributed by atoms with Crippen LogP contribution in [0.4, 0.5) is 0 Å². The number of rotatable bonds is 3. The van der Waals surface area contributed by atoms with Crippen LogP contribution in [0, 0.1) is 0 Å². The van der Waals surface area contributed by atoms with Crippen molar-refractivity contribution in [2.75, 3.05) is 7.11 Å². The fourth-order valence-corrected chi connectivity index (χ4v) is 2.40. The smallest absolute Gasteiger partial charge is 0.218 e. The molecule has 3 rings (SSSR count). The van der Waals surface area contributed by atoms with Gasteiger partial charge in [-0.25, -0.2) is 4.98 Å². The van der Waals surface area contributed by atoms with E-state index in [9.17, 15) is 0 Å². The quantitative estimate of drug-likeness (QED) is 0.791. The van der Waals surface area contributed by atoms with E-state index in [2.05, 4.69) is 9.97 Å². The van der Waals surface area contributed by atoms with Crippen LogP contribution < -0.4 is 10.5 Å². The van der Waals surface area contributed by atoms with Crippen LogP contribution in [0.15, 0.2) is 55.0 Å². The maximum absolute atomic E-state index is 6.42. The molecule has 4 nitrogen and oxygen atoms in total. The van der Waals surface area contributed by atoms with Crippen LogP contribution in [-0.4, -0.2) is 17.1 Å². The normalized spacial score (nSPS) is 12.3. The maximum atomic E-state index is 6.42. The second-order valence-corrected chi connectivity index (χ2v) is 4.52. The van der Waals surface area contributed by atoms with Gasteiger partial charge in [0.2, 0.25) is 5.88 Å². The Morgan fingerprint density at radius 3 is 2.75 bits per heavy atom. The summed E-state index contributed by atoms with van der Waals surface area (Å²) in [7, 11) is 1.60. The van der Waals surface area contributed by atoms with Crippen LogP contribution in [0.2, 0.25) is 0 Å². The van der Waals surface area contributed by atoms with E-state index in [-0.39, 0.29) is 6.04 Å². The van der Waals surface area contributed by atoms with Gasteiger partial charge in [-0.05, 0) is 23.1 Å². The number of aromatic nitrogens is 2. The number of hydrogen-bond acceptors (Lipinski definition) is 4. The Morgan fingerprint density at radius 2 is 1.90 bits per heavy atom. The van der Waals surface area contributed by atoms with Crippen molar-refractivity contribution in [3.8, 4) is 5.88 Å². The molecule has 2 heterocycles. The van der Waals surface area contributed by atoms with E-state index in [1.165, 1.54) is 0 Å². The molecule has 1 aromatic carbocycles. The van der Waals surface area contributed by atoms with Gasteiger partial charge in [-0.2, -0.15) is 0 Å². The van der Waals surface area contributed by atoms with Crippen LogP contribution >= 0.6 is 0 Å². The van der Waals surface area contributed by atoms with Gasteiger partial charge in [0, 0.05) is 29.5 Å². The van der Waals surface area contributed by atoms with E-state index < -0.39 is 0 Å². The highest BCUT2D eigenvalue weighted by atomic mass is 16.5. The molecule has 100 valence electrons. The molecular formula is C16H15N3O. The van der Waals surface area contributed by atoms with Crippen molar-refractivity contribution >= 4 is 10.8 Å². The molecule has 0 saturated heterocycles. The minimum atomic E-state index is -0.287. The number of nitrogens with two attached hydrogens (primary N) is 1. The molecular weight excluding hydrogens is 250 g/mol. The Morgan fingerprint density at radius 1 is 1.05 bits per heavy atom. The fourth-order valence-electron chi connectivity index (χ4n) is 2.40. The average Bonchev–Trinajstić information content (AvgIpc) is 2.53. The molecule has 2 N–H and O–H groups in total. The largest absolute Gasteiger partial charge is 0.481 e. The number of nitrogens with zero attached hydrogens (tertiary/aromatic N) is 2. The molecule has 3 aromatic rings. The standard InChI is InChI=1S/C16H15N3O/c1-20-16-14(6-3-8-19-16)15(17)13-5-2-4-11-10-18-9-7-12(11)13/h2-10,15H,17H2,1H3. The zero-order valence-corrected chi connectivity index (χ0v) is 11.2. The van der Waals surface area contributed by atoms with Gasteiger partial charge in [-0.3, -0.25) is 4.98 Å². The molecule has 0 aliphatic heterocycles. The predicted molar refractivity (Wildman–Crippen MR) is 78.6 cm³/mol. The highest BCUT2D eigenvalue weighted by molar-refractivity contribution is 5.85. The van der Waals surface area contributed by atoms with Crippen molar-refractivity contribution in [3.05, 3.63) is 66.1 Å². The van der Waals surface area contributed by atoms with Gasteiger partial charge in [-0.1, -0.05) is 24.3 Å². The van der Waals surface area contributed by atoms with Crippen molar-refractivity contribution in [2.24, 2.45) is 5.73 Å². The molecule has 1 atom stereocenters. The van der Waals surface area contributed by atoms with E-state index in [1.54, 1.807) is 19.5 Å². The highest BCUT2D eigenvalue weighted by Gasteiger charge is 2.16. The third-order valence-electron chi connectivity index (χ3n) is 3.38. The van der Waals surface area contributed by atoms with Crippen molar-refractivity contribution in [1.29, 1.82) is 0 Å². The topological polar surface area (TPSA) is 61.0 Å². The molecule has 0 aliphatic rings. The minimum absolute atomic E-state index is 0.287. The zero-order chi connectivity index (χ0) is 13.9. The second kappa shape index (κ2) is 5.27. The Hall–Kier alpha value is -2.46. The number of pyridine rings is 2. The van der Waals surface area contributed by atoms with Crippen LogP contribution in [-0.2, 0) is 0 Å². The summed E-state index contributed by atoms with van der Waals surface area (Å²) in [4.78, 5) is 8.35. The first-order valence-electron chi connectivity index (χ1n) is 6.38. The maximum Gasteiger partial charge on any atom is 0.218 e. The van der Waals surface area contributed by atoms with Gasteiger partial charge in [0.25, 0.3) is 0 Å². The van der Waals surface area contributed by atoms with Crippen molar-refractivity contribution in [2.45, 2.75) is 6.04 Å². The molecule has 0 aliphatic carbocycles.